The van der Waals surface area contributed by atoms with E-state index in [1.165, 1.54) is 25.7 Å². The lowest BCUT2D eigenvalue weighted by Crippen LogP contribution is -2.46. The lowest BCUT2D eigenvalue weighted by Gasteiger charge is -2.36. The van der Waals surface area contributed by atoms with Crippen LogP contribution in [-0.2, 0) is 0 Å². The van der Waals surface area contributed by atoms with Gasteiger partial charge in [0.15, 0.2) is 0 Å². The zero-order valence-electron chi connectivity index (χ0n) is 12.8. The molecule has 2 rings (SSSR count). The van der Waals surface area contributed by atoms with Crippen molar-refractivity contribution in [2.45, 2.75) is 76.6 Å². The molecule has 1 saturated carbocycles. The summed E-state index contributed by atoms with van der Waals surface area (Å²) in [6.07, 6.45) is 8.59. The van der Waals surface area contributed by atoms with Gasteiger partial charge in [0, 0.05) is 12.1 Å². The van der Waals surface area contributed by atoms with Crippen molar-refractivity contribution in [2.75, 3.05) is 6.61 Å². The van der Waals surface area contributed by atoms with E-state index in [0.717, 1.165) is 25.7 Å². The van der Waals surface area contributed by atoms with E-state index in [4.69, 9.17) is 5.73 Å². The number of rotatable bonds is 1. The predicted octanol–water partition coefficient (Wildman–Crippen LogP) is 1.60. The first-order chi connectivity index (χ1) is 9.60. The van der Waals surface area contributed by atoms with Crippen molar-refractivity contribution >= 4 is 0 Å². The van der Waals surface area contributed by atoms with Crippen LogP contribution in [0.1, 0.15) is 58.3 Å². The van der Waals surface area contributed by atoms with E-state index >= 15 is 0 Å². The molecule has 2 bridgehead atoms. The number of fused-ring (bicyclic) bond motifs is 2. The topological polar surface area (TPSA) is 78.5 Å². The molecule has 4 unspecified atom stereocenters. The minimum absolute atomic E-state index is 0.0202. The van der Waals surface area contributed by atoms with Crippen molar-refractivity contribution in [2.24, 2.45) is 23.5 Å². The Morgan fingerprint density at radius 3 is 2.60 bits per heavy atom. The first-order valence-corrected chi connectivity index (χ1v) is 8.40. The number of nitrogens with one attached hydrogen (secondary N) is 1. The summed E-state index contributed by atoms with van der Waals surface area (Å²) in [5.74, 6) is 1.52. The van der Waals surface area contributed by atoms with Crippen LogP contribution in [0.4, 0.5) is 0 Å². The van der Waals surface area contributed by atoms with E-state index in [1.54, 1.807) is 0 Å². The molecule has 118 valence electrons. The van der Waals surface area contributed by atoms with Crippen LogP contribution in [0.3, 0.4) is 0 Å². The van der Waals surface area contributed by atoms with Gasteiger partial charge in [0.1, 0.15) is 6.23 Å². The molecule has 1 saturated heterocycles. The molecular formula is C16H32N2O2. The summed E-state index contributed by atoms with van der Waals surface area (Å²) in [7, 11) is 0. The van der Waals surface area contributed by atoms with E-state index in [-0.39, 0.29) is 18.6 Å². The van der Waals surface area contributed by atoms with Gasteiger partial charge in [-0.15, -0.1) is 0 Å². The van der Waals surface area contributed by atoms with Gasteiger partial charge in [-0.25, -0.2) is 0 Å². The highest BCUT2D eigenvalue weighted by Gasteiger charge is 2.29. The SMILES string of the molecule is C[C@@H]1CCC[C@H](N)C2CCCC(CC(CO)NC1O)C2. The summed E-state index contributed by atoms with van der Waals surface area (Å²) >= 11 is 0. The molecular weight excluding hydrogens is 252 g/mol. The van der Waals surface area contributed by atoms with Crippen LogP contribution < -0.4 is 11.1 Å². The zero-order chi connectivity index (χ0) is 14.5. The Morgan fingerprint density at radius 1 is 1.10 bits per heavy atom. The van der Waals surface area contributed by atoms with Crippen LogP contribution in [0.25, 0.3) is 0 Å². The van der Waals surface area contributed by atoms with E-state index in [1.807, 2.05) is 0 Å². The highest BCUT2D eigenvalue weighted by Crippen LogP contribution is 2.35. The van der Waals surface area contributed by atoms with Gasteiger partial charge in [-0.05, 0) is 49.9 Å². The van der Waals surface area contributed by atoms with E-state index in [2.05, 4.69) is 12.2 Å². The monoisotopic (exact) mass is 284 g/mol. The molecule has 1 aliphatic carbocycles. The maximum absolute atomic E-state index is 10.2. The second kappa shape index (κ2) is 7.74. The highest BCUT2D eigenvalue weighted by atomic mass is 16.3. The first kappa shape index (κ1) is 16.2. The molecule has 20 heavy (non-hydrogen) atoms. The van der Waals surface area contributed by atoms with Crippen molar-refractivity contribution in [3.8, 4) is 0 Å². The number of nitrogens with two attached hydrogens (primary N) is 1. The fraction of sp³-hybridized carbons (Fsp3) is 1.00. The van der Waals surface area contributed by atoms with Gasteiger partial charge in [-0.3, -0.25) is 5.32 Å². The molecule has 2 fully saturated rings. The fourth-order valence-electron chi connectivity index (χ4n) is 4.01. The van der Waals surface area contributed by atoms with E-state index in [0.29, 0.717) is 17.9 Å². The Hall–Kier alpha value is -0.160. The van der Waals surface area contributed by atoms with Crippen molar-refractivity contribution in [1.82, 2.24) is 5.32 Å². The normalized spacial score (nSPS) is 44.4. The van der Waals surface area contributed by atoms with Gasteiger partial charge in [-0.2, -0.15) is 0 Å². The van der Waals surface area contributed by atoms with Crippen molar-refractivity contribution in [1.29, 1.82) is 0 Å². The van der Waals surface area contributed by atoms with Gasteiger partial charge in [0.25, 0.3) is 0 Å². The zero-order valence-corrected chi connectivity index (χ0v) is 12.8. The molecule has 2 aliphatic rings. The highest BCUT2D eigenvalue weighted by molar-refractivity contribution is 4.84. The number of hydrogen-bond acceptors (Lipinski definition) is 4. The summed E-state index contributed by atoms with van der Waals surface area (Å²) in [4.78, 5) is 0. The van der Waals surface area contributed by atoms with Crippen molar-refractivity contribution in [3.63, 3.8) is 0 Å². The molecule has 0 aromatic rings. The van der Waals surface area contributed by atoms with Gasteiger partial charge in [0.2, 0.25) is 0 Å². The summed E-state index contributed by atoms with van der Waals surface area (Å²) in [5.41, 5.74) is 6.39. The molecule has 5 N–H and O–H groups in total. The van der Waals surface area contributed by atoms with Gasteiger partial charge < -0.3 is 15.9 Å². The molecule has 1 aliphatic heterocycles. The largest absolute Gasteiger partial charge is 0.395 e. The summed E-state index contributed by atoms with van der Waals surface area (Å²) in [6.45, 7) is 2.18. The Labute approximate surface area is 123 Å². The van der Waals surface area contributed by atoms with Crippen LogP contribution in [0.15, 0.2) is 0 Å². The second-order valence-electron chi connectivity index (χ2n) is 7.09. The third-order valence-electron chi connectivity index (χ3n) is 5.41. The molecule has 0 radical (unpaired) electrons. The minimum atomic E-state index is -0.512. The lowest BCUT2D eigenvalue weighted by atomic mass is 9.74. The number of hydrogen-bond donors (Lipinski definition) is 4. The predicted molar refractivity (Wildman–Crippen MR) is 81.1 cm³/mol. The first-order valence-electron chi connectivity index (χ1n) is 8.40. The molecule has 0 aromatic carbocycles. The maximum Gasteiger partial charge on any atom is 0.107 e. The molecule has 0 aromatic heterocycles. The molecule has 1 heterocycles. The standard InChI is InChI=1S/C16H32N2O2/c1-11-4-2-7-15(17)13-6-3-5-12(8-13)9-14(10-19)18-16(11)20/h11-16,18-20H,2-10,17H2,1H3/t11-,12?,13?,14?,15+,16?/m1/s1. The molecule has 4 heteroatoms. The summed E-state index contributed by atoms with van der Waals surface area (Å²) in [5, 5.41) is 23.0. The Bertz CT molecular complexity index is 286. The van der Waals surface area contributed by atoms with Gasteiger partial charge in [0.05, 0.1) is 6.61 Å². The van der Waals surface area contributed by atoms with Crippen LogP contribution in [-0.4, -0.2) is 35.1 Å². The quantitative estimate of drug-likeness (QED) is 0.590. The molecule has 0 amide bonds. The average molecular weight is 284 g/mol. The number of aliphatic hydroxyl groups excluding tert-OH is 2. The van der Waals surface area contributed by atoms with Crippen molar-refractivity contribution < 1.29 is 10.2 Å². The van der Waals surface area contributed by atoms with E-state index in [9.17, 15) is 10.2 Å². The van der Waals surface area contributed by atoms with Crippen LogP contribution >= 0.6 is 0 Å². The van der Waals surface area contributed by atoms with Crippen molar-refractivity contribution in [3.05, 3.63) is 0 Å². The third-order valence-corrected chi connectivity index (χ3v) is 5.41. The summed E-state index contributed by atoms with van der Waals surface area (Å²) < 4.78 is 0. The van der Waals surface area contributed by atoms with E-state index < -0.39 is 6.23 Å². The fourth-order valence-corrected chi connectivity index (χ4v) is 4.01. The van der Waals surface area contributed by atoms with Crippen LogP contribution in [0.5, 0.6) is 0 Å². The molecule has 6 atom stereocenters. The molecule has 0 spiro atoms. The van der Waals surface area contributed by atoms with Gasteiger partial charge in [-0.1, -0.05) is 26.2 Å². The third kappa shape index (κ3) is 4.42. The average Bonchev–Trinajstić information content (AvgIpc) is 2.45. The number of aliphatic hydroxyl groups is 2. The maximum atomic E-state index is 10.2. The Balaban J connectivity index is 2.03. The molecule has 4 nitrogen and oxygen atoms in total. The smallest absolute Gasteiger partial charge is 0.107 e. The summed E-state index contributed by atoms with van der Waals surface area (Å²) in [6, 6.07) is 0.342. The van der Waals surface area contributed by atoms with Crippen LogP contribution in [0, 0.1) is 17.8 Å². The lowest BCUT2D eigenvalue weighted by molar-refractivity contribution is 0.0437. The Kier molecular flexibility index (Phi) is 6.27. The second-order valence-corrected chi connectivity index (χ2v) is 7.09. The van der Waals surface area contributed by atoms with Gasteiger partial charge >= 0.3 is 0 Å². The van der Waals surface area contributed by atoms with Crippen LogP contribution in [0.2, 0.25) is 0 Å². The Morgan fingerprint density at radius 2 is 1.85 bits per heavy atom. The minimum Gasteiger partial charge on any atom is -0.395 e.